The molecule has 5 nitrogen and oxygen atoms in total. The van der Waals surface area contributed by atoms with Gasteiger partial charge in [-0.1, -0.05) is 25.3 Å². The van der Waals surface area contributed by atoms with Crippen molar-refractivity contribution in [2.24, 2.45) is 0 Å². The summed E-state index contributed by atoms with van der Waals surface area (Å²) in [7, 11) is 0. The first-order chi connectivity index (χ1) is 11.6. The number of likely N-dealkylation sites (tertiary alicyclic amines) is 1. The summed E-state index contributed by atoms with van der Waals surface area (Å²) in [4.78, 5) is 18.3. The quantitative estimate of drug-likeness (QED) is 0.870. The first-order valence-corrected chi connectivity index (χ1v) is 9.22. The Morgan fingerprint density at radius 3 is 2.88 bits per heavy atom. The Hall–Kier alpha value is -1.46. The van der Waals surface area contributed by atoms with E-state index < -0.39 is 5.60 Å². The van der Waals surface area contributed by atoms with Gasteiger partial charge in [-0.15, -0.1) is 0 Å². The van der Waals surface area contributed by atoms with E-state index in [9.17, 15) is 9.90 Å². The van der Waals surface area contributed by atoms with Crippen molar-refractivity contribution in [1.82, 2.24) is 15.2 Å². The number of nitrogens with zero attached hydrogens (tertiary/aromatic N) is 2. The lowest BCUT2D eigenvalue weighted by Gasteiger charge is -2.37. The summed E-state index contributed by atoms with van der Waals surface area (Å²) in [5, 5.41) is 13.7. The topological polar surface area (TPSA) is 65.5 Å². The largest absolute Gasteiger partial charge is 0.389 e. The minimum Gasteiger partial charge on any atom is -0.389 e. The molecule has 2 fully saturated rings. The fourth-order valence-electron chi connectivity index (χ4n) is 4.09. The van der Waals surface area contributed by atoms with Gasteiger partial charge in [0.15, 0.2) is 0 Å². The number of carbonyl (C=O) groups is 1. The zero-order valence-electron chi connectivity index (χ0n) is 14.6. The zero-order valence-corrected chi connectivity index (χ0v) is 14.6. The maximum atomic E-state index is 11.1. The molecular weight excluding hydrogens is 302 g/mol. The van der Waals surface area contributed by atoms with Gasteiger partial charge in [-0.25, -0.2) is 0 Å². The Balaban J connectivity index is 1.68. The summed E-state index contributed by atoms with van der Waals surface area (Å²) in [6.07, 6.45) is 7.61. The fourth-order valence-corrected chi connectivity index (χ4v) is 4.09. The lowest BCUT2D eigenvalue weighted by Crippen LogP contribution is -2.44. The van der Waals surface area contributed by atoms with Crippen molar-refractivity contribution >= 4 is 5.91 Å². The van der Waals surface area contributed by atoms with Crippen LogP contribution in [0.5, 0.6) is 0 Å². The number of pyridine rings is 1. The van der Waals surface area contributed by atoms with Crippen LogP contribution in [0.25, 0.3) is 0 Å². The van der Waals surface area contributed by atoms with Crippen LogP contribution in [0.2, 0.25) is 0 Å². The summed E-state index contributed by atoms with van der Waals surface area (Å²) in [5.41, 5.74) is 1.44. The fraction of sp³-hybridized carbons (Fsp3) is 0.684. The number of amides is 1. The van der Waals surface area contributed by atoms with Gasteiger partial charge in [-0.2, -0.15) is 0 Å². The van der Waals surface area contributed by atoms with Crippen molar-refractivity contribution in [1.29, 1.82) is 0 Å². The molecule has 2 N–H and O–H groups in total. The van der Waals surface area contributed by atoms with Gasteiger partial charge >= 0.3 is 0 Å². The van der Waals surface area contributed by atoms with Crippen molar-refractivity contribution < 1.29 is 9.90 Å². The number of β-amino-alcohol motifs (C(OH)–C–C–N with tert-alkyl or cyclic N) is 1. The number of rotatable bonds is 5. The second-order valence-electron chi connectivity index (χ2n) is 7.38. The monoisotopic (exact) mass is 331 g/mol. The minimum atomic E-state index is -0.519. The number of hydrogen-bond donors (Lipinski definition) is 2. The summed E-state index contributed by atoms with van der Waals surface area (Å²) < 4.78 is 0. The van der Waals surface area contributed by atoms with Crippen molar-refractivity contribution in [3.63, 3.8) is 0 Å². The third kappa shape index (κ3) is 4.33. The highest BCUT2D eigenvalue weighted by atomic mass is 16.3. The molecule has 0 spiro atoms. The number of hydrogen-bond acceptors (Lipinski definition) is 4. The van der Waals surface area contributed by atoms with Gasteiger partial charge in [0, 0.05) is 13.5 Å². The van der Waals surface area contributed by atoms with Gasteiger partial charge in [0.2, 0.25) is 5.91 Å². The molecule has 1 aliphatic heterocycles. The minimum absolute atomic E-state index is 0.0378. The maximum absolute atomic E-state index is 11.1. The molecule has 1 amide bonds. The molecule has 2 aliphatic rings. The third-order valence-electron chi connectivity index (χ3n) is 5.33. The maximum Gasteiger partial charge on any atom is 0.217 e. The lowest BCUT2D eigenvalue weighted by atomic mass is 9.84. The first kappa shape index (κ1) is 17.4. The Labute approximate surface area is 144 Å². The molecule has 1 saturated carbocycles. The first-order valence-electron chi connectivity index (χ1n) is 9.22. The molecule has 1 saturated heterocycles. The van der Waals surface area contributed by atoms with Gasteiger partial charge in [0.05, 0.1) is 29.6 Å². The van der Waals surface area contributed by atoms with Crippen molar-refractivity contribution in [2.75, 3.05) is 13.1 Å². The molecule has 1 atom stereocenters. The molecule has 2 heterocycles. The van der Waals surface area contributed by atoms with Crippen LogP contribution in [0.1, 0.15) is 69.3 Å². The molecular formula is C19H29N3O2. The average molecular weight is 331 g/mol. The van der Waals surface area contributed by atoms with Crippen LogP contribution in [-0.4, -0.2) is 39.6 Å². The number of aliphatic hydroxyl groups is 1. The predicted octanol–water partition coefficient (Wildman–Crippen LogP) is 2.55. The van der Waals surface area contributed by atoms with E-state index in [0.717, 1.165) is 63.0 Å². The molecule has 1 aliphatic carbocycles. The van der Waals surface area contributed by atoms with E-state index in [-0.39, 0.29) is 11.9 Å². The highest BCUT2D eigenvalue weighted by Crippen LogP contribution is 2.36. The second-order valence-corrected chi connectivity index (χ2v) is 7.38. The van der Waals surface area contributed by atoms with E-state index in [1.165, 1.54) is 13.3 Å². The van der Waals surface area contributed by atoms with Crippen LogP contribution in [0, 0.1) is 0 Å². The van der Waals surface area contributed by atoms with E-state index >= 15 is 0 Å². The molecule has 0 bridgehead atoms. The third-order valence-corrected chi connectivity index (χ3v) is 5.33. The Kier molecular flexibility index (Phi) is 5.51. The summed E-state index contributed by atoms with van der Waals surface area (Å²) in [6.45, 7) is 3.78. The molecule has 3 rings (SSSR count). The van der Waals surface area contributed by atoms with E-state index in [1.807, 2.05) is 12.1 Å². The van der Waals surface area contributed by atoms with Crippen LogP contribution < -0.4 is 5.32 Å². The smallest absolute Gasteiger partial charge is 0.217 e. The SMILES string of the molecule is CC(=O)NCc1cccc([C@H]2CCCN2CC2(O)CCCCC2)n1. The van der Waals surface area contributed by atoms with E-state index in [2.05, 4.69) is 16.3 Å². The summed E-state index contributed by atoms with van der Waals surface area (Å²) in [5.74, 6) is -0.0378. The average Bonchev–Trinajstić information content (AvgIpc) is 3.01. The molecule has 0 aromatic carbocycles. The van der Waals surface area contributed by atoms with Crippen LogP contribution >= 0.6 is 0 Å². The van der Waals surface area contributed by atoms with Crippen molar-refractivity contribution in [2.45, 2.75) is 70.1 Å². The Morgan fingerprint density at radius 2 is 2.12 bits per heavy atom. The normalized spacial score (nSPS) is 24.0. The molecule has 132 valence electrons. The van der Waals surface area contributed by atoms with Crippen LogP contribution in [-0.2, 0) is 11.3 Å². The van der Waals surface area contributed by atoms with Crippen LogP contribution in [0.4, 0.5) is 0 Å². The predicted molar refractivity (Wildman–Crippen MR) is 93.3 cm³/mol. The van der Waals surface area contributed by atoms with Gasteiger partial charge in [-0.3, -0.25) is 14.7 Å². The van der Waals surface area contributed by atoms with Gasteiger partial charge in [-0.05, 0) is 44.4 Å². The van der Waals surface area contributed by atoms with Gasteiger partial charge in [0.1, 0.15) is 0 Å². The molecule has 1 aromatic rings. The van der Waals surface area contributed by atoms with Gasteiger partial charge < -0.3 is 10.4 Å². The summed E-state index contributed by atoms with van der Waals surface area (Å²) >= 11 is 0. The number of carbonyl (C=O) groups excluding carboxylic acids is 1. The highest BCUT2D eigenvalue weighted by Gasteiger charge is 2.36. The van der Waals surface area contributed by atoms with E-state index in [4.69, 9.17) is 4.98 Å². The lowest BCUT2D eigenvalue weighted by molar-refractivity contribution is -0.119. The molecule has 5 heteroatoms. The van der Waals surface area contributed by atoms with Gasteiger partial charge in [0.25, 0.3) is 0 Å². The number of aromatic nitrogens is 1. The zero-order chi connectivity index (χ0) is 17.0. The van der Waals surface area contributed by atoms with E-state index in [0.29, 0.717) is 6.54 Å². The Bertz CT molecular complexity index is 569. The number of nitrogens with one attached hydrogen (secondary N) is 1. The summed E-state index contributed by atoms with van der Waals surface area (Å²) in [6, 6.07) is 6.33. The molecule has 24 heavy (non-hydrogen) atoms. The molecule has 1 aromatic heterocycles. The molecule has 0 radical (unpaired) electrons. The Morgan fingerprint density at radius 1 is 1.33 bits per heavy atom. The standard InChI is InChI=1S/C19H29N3O2/c1-15(23)20-13-16-7-5-8-17(21-16)18-9-6-12-22(18)14-19(24)10-3-2-4-11-19/h5,7-8,18,24H,2-4,6,9-14H2,1H3,(H,20,23)/t18-/m1/s1. The van der Waals surface area contributed by atoms with Crippen LogP contribution in [0.3, 0.4) is 0 Å². The molecule has 0 unspecified atom stereocenters. The van der Waals surface area contributed by atoms with Crippen molar-refractivity contribution in [3.8, 4) is 0 Å². The second kappa shape index (κ2) is 7.62. The van der Waals surface area contributed by atoms with Crippen LogP contribution in [0.15, 0.2) is 18.2 Å². The highest BCUT2D eigenvalue weighted by molar-refractivity contribution is 5.72. The van der Waals surface area contributed by atoms with Crippen molar-refractivity contribution in [3.05, 3.63) is 29.6 Å². The van der Waals surface area contributed by atoms with E-state index in [1.54, 1.807) is 0 Å².